The monoisotopic (exact) mass is 242 g/mol. The minimum absolute atomic E-state index is 0.00620. The van der Waals surface area contributed by atoms with E-state index in [1.165, 1.54) is 5.56 Å². The lowest BCUT2D eigenvalue weighted by atomic mass is 10.0. The van der Waals surface area contributed by atoms with Crippen molar-refractivity contribution in [2.75, 3.05) is 7.11 Å². The molecule has 0 aliphatic heterocycles. The maximum Gasteiger partial charge on any atom is 0.118 e. The lowest BCUT2D eigenvalue weighted by molar-refractivity contribution is 0.414. The van der Waals surface area contributed by atoms with Crippen LogP contribution >= 0.6 is 0 Å². The molecule has 0 radical (unpaired) electrons. The van der Waals surface area contributed by atoms with E-state index in [0.717, 1.165) is 24.3 Å². The van der Waals surface area contributed by atoms with Crippen LogP contribution in [0.15, 0.2) is 48.7 Å². The number of benzene rings is 1. The SMILES string of the molecule is COc1ccc(CCC(N)c2ccccn2)cc1. The van der Waals surface area contributed by atoms with Gasteiger partial charge < -0.3 is 10.5 Å². The predicted octanol–water partition coefficient (Wildman–Crippen LogP) is 2.72. The number of ether oxygens (including phenoxy) is 1. The highest BCUT2D eigenvalue weighted by atomic mass is 16.5. The Labute approximate surface area is 108 Å². The molecule has 0 aliphatic carbocycles. The first-order valence-electron chi connectivity index (χ1n) is 6.09. The van der Waals surface area contributed by atoms with Crippen LogP contribution < -0.4 is 10.5 Å². The molecule has 2 aromatic rings. The fourth-order valence-electron chi connectivity index (χ4n) is 1.86. The van der Waals surface area contributed by atoms with Crippen molar-refractivity contribution in [3.05, 3.63) is 59.9 Å². The van der Waals surface area contributed by atoms with E-state index in [1.54, 1.807) is 13.3 Å². The van der Waals surface area contributed by atoms with Crippen LogP contribution in [-0.4, -0.2) is 12.1 Å². The van der Waals surface area contributed by atoms with Gasteiger partial charge in [-0.15, -0.1) is 0 Å². The topological polar surface area (TPSA) is 48.1 Å². The molecule has 0 bridgehead atoms. The number of methoxy groups -OCH3 is 1. The highest BCUT2D eigenvalue weighted by Crippen LogP contribution is 2.17. The molecule has 0 aliphatic rings. The molecule has 0 saturated heterocycles. The van der Waals surface area contributed by atoms with E-state index in [4.69, 9.17) is 10.5 Å². The van der Waals surface area contributed by atoms with Crippen LogP contribution in [0.5, 0.6) is 5.75 Å². The summed E-state index contributed by atoms with van der Waals surface area (Å²) in [4.78, 5) is 4.27. The van der Waals surface area contributed by atoms with Crippen molar-refractivity contribution in [2.24, 2.45) is 5.73 Å². The van der Waals surface area contributed by atoms with Crippen LogP contribution in [-0.2, 0) is 6.42 Å². The van der Waals surface area contributed by atoms with Gasteiger partial charge in [-0.2, -0.15) is 0 Å². The minimum Gasteiger partial charge on any atom is -0.497 e. The first-order chi connectivity index (χ1) is 8.79. The minimum atomic E-state index is -0.00620. The zero-order valence-electron chi connectivity index (χ0n) is 10.5. The summed E-state index contributed by atoms with van der Waals surface area (Å²) in [5, 5.41) is 0. The lowest BCUT2D eigenvalue weighted by Crippen LogP contribution is -2.12. The number of nitrogens with zero attached hydrogens (tertiary/aromatic N) is 1. The molecule has 1 aromatic heterocycles. The molecule has 3 nitrogen and oxygen atoms in total. The summed E-state index contributed by atoms with van der Waals surface area (Å²) in [6.45, 7) is 0. The Morgan fingerprint density at radius 2 is 1.94 bits per heavy atom. The number of pyridine rings is 1. The van der Waals surface area contributed by atoms with E-state index in [1.807, 2.05) is 30.3 Å². The second-order valence-corrected chi connectivity index (χ2v) is 4.25. The normalized spacial score (nSPS) is 12.1. The van der Waals surface area contributed by atoms with Crippen molar-refractivity contribution in [3.63, 3.8) is 0 Å². The zero-order chi connectivity index (χ0) is 12.8. The van der Waals surface area contributed by atoms with Crippen LogP contribution in [0.2, 0.25) is 0 Å². The molecule has 1 heterocycles. The van der Waals surface area contributed by atoms with E-state index in [-0.39, 0.29) is 6.04 Å². The van der Waals surface area contributed by atoms with E-state index in [0.29, 0.717) is 0 Å². The highest BCUT2D eigenvalue weighted by Gasteiger charge is 2.06. The van der Waals surface area contributed by atoms with Gasteiger partial charge in [0.2, 0.25) is 0 Å². The third-order valence-electron chi connectivity index (χ3n) is 2.97. The molecule has 18 heavy (non-hydrogen) atoms. The quantitative estimate of drug-likeness (QED) is 0.877. The fourth-order valence-corrected chi connectivity index (χ4v) is 1.86. The zero-order valence-corrected chi connectivity index (χ0v) is 10.5. The molecule has 1 aromatic carbocycles. The van der Waals surface area contributed by atoms with Gasteiger partial charge in [-0.1, -0.05) is 18.2 Å². The van der Waals surface area contributed by atoms with Gasteiger partial charge in [0, 0.05) is 12.2 Å². The first-order valence-corrected chi connectivity index (χ1v) is 6.09. The Kier molecular flexibility index (Phi) is 4.31. The van der Waals surface area contributed by atoms with Gasteiger partial charge in [-0.05, 0) is 42.7 Å². The molecule has 0 spiro atoms. The molecule has 0 saturated carbocycles. The molecule has 1 atom stereocenters. The van der Waals surface area contributed by atoms with Crippen molar-refractivity contribution < 1.29 is 4.74 Å². The fraction of sp³-hybridized carbons (Fsp3) is 0.267. The Balaban J connectivity index is 1.91. The van der Waals surface area contributed by atoms with E-state index in [9.17, 15) is 0 Å². The molecule has 94 valence electrons. The third kappa shape index (κ3) is 3.31. The Hall–Kier alpha value is -1.87. The van der Waals surface area contributed by atoms with Crippen molar-refractivity contribution in [2.45, 2.75) is 18.9 Å². The van der Waals surface area contributed by atoms with Crippen LogP contribution in [0, 0.1) is 0 Å². The number of nitrogens with two attached hydrogens (primary N) is 1. The van der Waals surface area contributed by atoms with E-state index < -0.39 is 0 Å². The second kappa shape index (κ2) is 6.17. The van der Waals surface area contributed by atoms with E-state index in [2.05, 4.69) is 17.1 Å². The van der Waals surface area contributed by atoms with Crippen LogP contribution in [0.3, 0.4) is 0 Å². The average molecular weight is 242 g/mol. The smallest absolute Gasteiger partial charge is 0.118 e. The Bertz CT molecular complexity index is 468. The summed E-state index contributed by atoms with van der Waals surface area (Å²) in [6.07, 6.45) is 3.62. The summed E-state index contributed by atoms with van der Waals surface area (Å²) >= 11 is 0. The summed E-state index contributed by atoms with van der Waals surface area (Å²) in [7, 11) is 1.67. The van der Waals surface area contributed by atoms with Gasteiger partial charge in [-0.3, -0.25) is 4.98 Å². The average Bonchev–Trinajstić information content (AvgIpc) is 2.46. The highest BCUT2D eigenvalue weighted by molar-refractivity contribution is 5.27. The molecule has 0 fully saturated rings. The Morgan fingerprint density at radius 3 is 2.56 bits per heavy atom. The lowest BCUT2D eigenvalue weighted by Gasteiger charge is -2.10. The number of aryl methyl sites for hydroxylation is 1. The van der Waals surface area contributed by atoms with Gasteiger partial charge in [0.1, 0.15) is 5.75 Å². The molecule has 0 amide bonds. The van der Waals surface area contributed by atoms with Gasteiger partial charge >= 0.3 is 0 Å². The van der Waals surface area contributed by atoms with Gasteiger partial charge in [-0.25, -0.2) is 0 Å². The number of aromatic nitrogens is 1. The number of hydrogen-bond donors (Lipinski definition) is 1. The first kappa shape index (κ1) is 12.6. The van der Waals surface area contributed by atoms with E-state index >= 15 is 0 Å². The largest absolute Gasteiger partial charge is 0.497 e. The molecular weight excluding hydrogens is 224 g/mol. The van der Waals surface area contributed by atoms with Crippen molar-refractivity contribution in [3.8, 4) is 5.75 Å². The summed E-state index contributed by atoms with van der Waals surface area (Å²) < 4.78 is 5.13. The number of hydrogen-bond acceptors (Lipinski definition) is 3. The summed E-state index contributed by atoms with van der Waals surface area (Å²) in [5.74, 6) is 0.882. The molecule has 1 unspecified atom stereocenters. The molecular formula is C15H18N2O. The summed E-state index contributed by atoms with van der Waals surface area (Å²) in [5.41, 5.74) is 8.33. The Morgan fingerprint density at radius 1 is 1.17 bits per heavy atom. The number of rotatable bonds is 5. The van der Waals surface area contributed by atoms with Gasteiger partial charge in [0.15, 0.2) is 0 Å². The molecule has 2 rings (SSSR count). The van der Waals surface area contributed by atoms with Gasteiger partial charge in [0.25, 0.3) is 0 Å². The maximum absolute atomic E-state index is 6.11. The van der Waals surface area contributed by atoms with Crippen LogP contribution in [0.4, 0.5) is 0 Å². The van der Waals surface area contributed by atoms with Crippen molar-refractivity contribution in [1.82, 2.24) is 4.98 Å². The summed E-state index contributed by atoms with van der Waals surface area (Å²) in [6, 6.07) is 13.9. The molecule has 2 N–H and O–H groups in total. The van der Waals surface area contributed by atoms with Crippen molar-refractivity contribution >= 4 is 0 Å². The van der Waals surface area contributed by atoms with Crippen LogP contribution in [0.25, 0.3) is 0 Å². The predicted molar refractivity (Wildman–Crippen MR) is 72.5 cm³/mol. The van der Waals surface area contributed by atoms with Crippen molar-refractivity contribution in [1.29, 1.82) is 0 Å². The standard InChI is InChI=1S/C15H18N2O/c1-18-13-8-5-12(6-9-13)7-10-14(16)15-4-2-3-11-17-15/h2-6,8-9,11,14H,7,10,16H2,1H3. The third-order valence-corrected chi connectivity index (χ3v) is 2.97. The van der Waals surface area contributed by atoms with Gasteiger partial charge in [0.05, 0.1) is 12.8 Å². The maximum atomic E-state index is 6.11. The second-order valence-electron chi connectivity index (χ2n) is 4.25. The van der Waals surface area contributed by atoms with Crippen LogP contribution in [0.1, 0.15) is 23.7 Å². The molecule has 3 heteroatoms.